The van der Waals surface area contributed by atoms with Crippen molar-refractivity contribution < 1.29 is 32.9 Å². The second-order valence-corrected chi connectivity index (χ2v) is 16.8. The maximum Gasteiger partial charge on any atom is 0.472 e. The molecule has 0 saturated heterocycles. The van der Waals surface area contributed by atoms with Gasteiger partial charge in [0.25, 0.3) is 0 Å². The van der Waals surface area contributed by atoms with Gasteiger partial charge in [-0.2, -0.15) is 0 Å². The Morgan fingerprint density at radius 1 is 0.660 bits per heavy atom. The minimum atomic E-state index is -4.32. The first-order valence-corrected chi connectivity index (χ1v) is 22.2. The van der Waals surface area contributed by atoms with Gasteiger partial charge in [0.2, 0.25) is 5.91 Å². The molecule has 0 radical (unpaired) electrons. The molecule has 0 fully saturated rings. The Balaban J connectivity index is 4.48. The highest BCUT2D eigenvalue weighted by Crippen LogP contribution is 2.43. The lowest BCUT2D eigenvalue weighted by molar-refractivity contribution is -0.870. The van der Waals surface area contributed by atoms with E-state index in [-0.39, 0.29) is 19.1 Å². The molecular weight excluding hydrogens is 647 g/mol. The number of aliphatic hydroxyl groups excluding tert-OH is 1. The normalized spacial score (nSPS) is 14.8. The molecule has 0 aliphatic heterocycles. The average Bonchev–Trinajstić information content (AvgIpc) is 3.06. The molecule has 0 heterocycles. The molecule has 0 aromatic rings. The summed E-state index contributed by atoms with van der Waals surface area (Å²) < 4.78 is 23.5. The largest absolute Gasteiger partial charge is 0.472 e. The molecule has 0 spiro atoms. The van der Waals surface area contributed by atoms with Crippen LogP contribution in [-0.4, -0.2) is 73.4 Å². The first-order chi connectivity index (χ1) is 24.0. The number of aliphatic hydroxyl groups is 1. The third-order valence-corrected chi connectivity index (χ3v) is 10.2. The van der Waals surface area contributed by atoms with Gasteiger partial charge >= 0.3 is 7.82 Å². The highest BCUT2D eigenvalue weighted by molar-refractivity contribution is 7.47. The molecule has 3 N–H and O–H groups in total. The van der Waals surface area contributed by atoms with E-state index in [1.165, 1.54) is 96.3 Å². The van der Waals surface area contributed by atoms with Crippen LogP contribution < -0.4 is 5.32 Å². The van der Waals surface area contributed by atoms with Gasteiger partial charge in [-0.15, -0.1) is 0 Å². The molecular formula is C41H82N2O6P+. The third kappa shape index (κ3) is 35.4. The number of phosphoric ester groups is 1. The zero-order chi connectivity index (χ0) is 37.2. The molecule has 0 aromatic carbocycles. The number of rotatable bonds is 37. The van der Waals surface area contributed by atoms with Crippen LogP contribution in [0.1, 0.15) is 181 Å². The summed E-state index contributed by atoms with van der Waals surface area (Å²) in [6.45, 7) is 4.83. The number of carbonyl (C=O) groups excluding carboxylic acids is 1. The fourth-order valence-electron chi connectivity index (χ4n) is 5.80. The van der Waals surface area contributed by atoms with E-state index in [4.69, 9.17) is 9.05 Å². The van der Waals surface area contributed by atoms with E-state index >= 15 is 0 Å². The van der Waals surface area contributed by atoms with Crippen molar-refractivity contribution in [2.75, 3.05) is 40.9 Å². The van der Waals surface area contributed by atoms with Crippen LogP contribution >= 0.6 is 7.82 Å². The number of hydrogen-bond donors (Lipinski definition) is 3. The van der Waals surface area contributed by atoms with Crippen LogP contribution in [-0.2, 0) is 18.4 Å². The number of quaternary nitrogens is 1. The van der Waals surface area contributed by atoms with E-state index in [0.717, 1.165) is 57.8 Å². The molecule has 9 heteroatoms. The Morgan fingerprint density at radius 3 is 1.56 bits per heavy atom. The number of amides is 1. The zero-order valence-corrected chi connectivity index (χ0v) is 34.3. The van der Waals surface area contributed by atoms with Gasteiger partial charge < -0.3 is 19.8 Å². The molecule has 0 aromatic heterocycles. The summed E-state index contributed by atoms with van der Waals surface area (Å²) >= 11 is 0. The predicted molar refractivity (Wildman–Crippen MR) is 212 cm³/mol. The van der Waals surface area contributed by atoms with Crippen LogP contribution in [0.25, 0.3) is 0 Å². The summed E-state index contributed by atoms with van der Waals surface area (Å²) in [7, 11) is 1.59. The van der Waals surface area contributed by atoms with Gasteiger partial charge in [-0.25, -0.2) is 4.57 Å². The molecule has 8 nitrogen and oxygen atoms in total. The topological polar surface area (TPSA) is 105 Å². The van der Waals surface area contributed by atoms with E-state index in [1.54, 1.807) is 0 Å². The second kappa shape index (κ2) is 33.8. The first kappa shape index (κ1) is 49.0. The van der Waals surface area contributed by atoms with Gasteiger partial charge in [0, 0.05) is 6.42 Å². The number of unbranched alkanes of at least 4 members (excludes halogenated alkanes) is 20. The number of nitrogens with one attached hydrogen (secondary N) is 1. The lowest BCUT2D eigenvalue weighted by atomic mass is 10.0. The van der Waals surface area contributed by atoms with Gasteiger partial charge in [0.05, 0.1) is 39.9 Å². The van der Waals surface area contributed by atoms with E-state index in [0.29, 0.717) is 23.9 Å². The third-order valence-electron chi connectivity index (χ3n) is 9.17. The van der Waals surface area contributed by atoms with Crippen LogP contribution in [0.15, 0.2) is 24.3 Å². The summed E-state index contributed by atoms with van der Waals surface area (Å²) in [6, 6.07) is -0.777. The molecule has 0 saturated carbocycles. The van der Waals surface area contributed by atoms with Crippen molar-refractivity contribution >= 4 is 13.7 Å². The van der Waals surface area contributed by atoms with Gasteiger partial charge in [-0.3, -0.25) is 13.8 Å². The Labute approximate surface area is 309 Å². The molecule has 3 atom stereocenters. The monoisotopic (exact) mass is 730 g/mol. The molecule has 0 aliphatic carbocycles. The highest BCUT2D eigenvalue weighted by atomic mass is 31.2. The van der Waals surface area contributed by atoms with Crippen molar-refractivity contribution in [3.63, 3.8) is 0 Å². The summed E-state index contributed by atoms with van der Waals surface area (Å²) in [5.41, 5.74) is 0. The number of hydrogen-bond acceptors (Lipinski definition) is 5. The molecule has 1 amide bonds. The molecule has 0 aliphatic rings. The van der Waals surface area contributed by atoms with Gasteiger partial charge in [-0.05, 0) is 64.2 Å². The van der Waals surface area contributed by atoms with Crippen LogP contribution in [0, 0.1) is 0 Å². The fraction of sp³-hybridized carbons (Fsp3) is 0.878. The smallest absolute Gasteiger partial charge is 0.391 e. The highest BCUT2D eigenvalue weighted by Gasteiger charge is 2.28. The summed E-state index contributed by atoms with van der Waals surface area (Å²) in [6.07, 6.45) is 37.7. The second-order valence-electron chi connectivity index (χ2n) is 15.4. The number of phosphoric acid groups is 1. The van der Waals surface area contributed by atoms with Gasteiger partial charge in [0.15, 0.2) is 0 Å². The zero-order valence-electron chi connectivity index (χ0n) is 33.4. The Kier molecular flexibility index (Phi) is 33.1. The quantitative estimate of drug-likeness (QED) is 0.0254. The maximum absolute atomic E-state index is 12.8. The van der Waals surface area contributed by atoms with Gasteiger partial charge in [-0.1, -0.05) is 134 Å². The van der Waals surface area contributed by atoms with Crippen LogP contribution in [0.2, 0.25) is 0 Å². The summed E-state index contributed by atoms with van der Waals surface area (Å²) in [4.78, 5) is 23.0. The summed E-state index contributed by atoms with van der Waals surface area (Å²) in [5.74, 6) is -0.165. The molecule has 50 heavy (non-hydrogen) atoms. The van der Waals surface area contributed by atoms with E-state index in [1.807, 2.05) is 21.1 Å². The number of nitrogens with zero attached hydrogens (tertiary/aromatic N) is 1. The Morgan fingerprint density at radius 2 is 1.08 bits per heavy atom. The average molecular weight is 730 g/mol. The van der Waals surface area contributed by atoms with Crippen LogP contribution in [0.4, 0.5) is 0 Å². The number of carbonyl (C=O) groups is 1. The van der Waals surface area contributed by atoms with E-state index < -0.39 is 20.0 Å². The minimum absolute atomic E-state index is 0.0683. The maximum atomic E-state index is 12.8. The van der Waals surface area contributed by atoms with E-state index in [2.05, 4.69) is 43.5 Å². The van der Waals surface area contributed by atoms with Crippen molar-refractivity contribution in [2.24, 2.45) is 0 Å². The SMILES string of the molecule is CCCCCC/C=C/CCCCCCCC(=O)N[C@@H](COP(=O)(O)OCC[N+](C)(C)C)[C@H](O)CCCC/C=C/CCCCCCCCCCC. The molecule has 0 bridgehead atoms. The van der Waals surface area contributed by atoms with Crippen molar-refractivity contribution in [3.05, 3.63) is 24.3 Å². The van der Waals surface area contributed by atoms with Crippen molar-refractivity contribution in [1.82, 2.24) is 5.32 Å². The fourth-order valence-corrected chi connectivity index (χ4v) is 6.53. The van der Waals surface area contributed by atoms with Crippen molar-refractivity contribution in [2.45, 2.75) is 193 Å². The Bertz CT molecular complexity index is 876. The number of allylic oxidation sites excluding steroid dienone is 4. The molecule has 0 rings (SSSR count). The lowest BCUT2D eigenvalue weighted by Crippen LogP contribution is -2.46. The minimum Gasteiger partial charge on any atom is -0.391 e. The molecule has 296 valence electrons. The lowest BCUT2D eigenvalue weighted by Gasteiger charge is -2.26. The van der Waals surface area contributed by atoms with Crippen molar-refractivity contribution in [1.29, 1.82) is 0 Å². The van der Waals surface area contributed by atoms with Gasteiger partial charge in [0.1, 0.15) is 13.2 Å². The standard InChI is InChI=1S/C41H81N2O6P/c1-6-8-10-12-14-16-18-20-21-23-24-26-28-30-32-34-40(44)39(38-49-50(46,47)48-37-36-43(3,4)5)42-41(45)35-33-31-29-27-25-22-19-17-15-13-11-9-7-2/h17,19,24,26,39-40,44H,6-16,18,20-23,25,27-38H2,1-5H3,(H-,42,45,46,47)/p+1/b19-17+,26-24+/t39-,40+/m0/s1. The van der Waals surface area contributed by atoms with Crippen LogP contribution in [0.5, 0.6) is 0 Å². The molecule has 1 unspecified atom stereocenters. The van der Waals surface area contributed by atoms with Crippen molar-refractivity contribution in [3.8, 4) is 0 Å². The van der Waals surface area contributed by atoms with Crippen LogP contribution in [0.3, 0.4) is 0 Å². The van der Waals surface area contributed by atoms with E-state index in [9.17, 15) is 19.4 Å². The predicted octanol–water partition coefficient (Wildman–Crippen LogP) is 11.0. The summed E-state index contributed by atoms with van der Waals surface area (Å²) in [5, 5.41) is 13.9. The Hall–Kier alpha value is -1.02. The number of likely N-dealkylation sites (N-methyl/N-ethyl adjacent to an activating group) is 1. The first-order valence-electron chi connectivity index (χ1n) is 20.7.